The van der Waals surface area contributed by atoms with Gasteiger partial charge in [-0.05, 0) is 49.6 Å². The normalized spacial score (nSPS) is 25.2. The Labute approximate surface area is 120 Å². The van der Waals surface area contributed by atoms with E-state index in [9.17, 15) is 4.39 Å². The average Bonchev–Trinajstić information content (AvgIpc) is 2.45. The quantitative estimate of drug-likeness (QED) is 0.850. The van der Waals surface area contributed by atoms with Crippen molar-refractivity contribution in [2.45, 2.75) is 56.4 Å². The molecule has 1 nitrogen and oxygen atoms in total. The van der Waals surface area contributed by atoms with Gasteiger partial charge in [0.2, 0.25) is 0 Å². The summed E-state index contributed by atoms with van der Waals surface area (Å²) in [6.45, 7) is 2.16. The van der Waals surface area contributed by atoms with Gasteiger partial charge in [-0.15, -0.1) is 0 Å². The number of halogens is 1. The second-order valence-electron chi connectivity index (χ2n) is 5.40. The lowest BCUT2D eigenvalue weighted by molar-refractivity contribution is 0.339. The predicted molar refractivity (Wildman–Crippen MR) is 82.1 cm³/mol. The van der Waals surface area contributed by atoms with Crippen LogP contribution >= 0.6 is 11.8 Å². The van der Waals surface area contributed by atoms with Gasteiger partial charge in [0.15, 0.2) is 0 Å². The maximum atomic E-state index is 13.3. The maximum absolute atomic E-state index is 13.3. The molecule has 3 atom stereocenters. The Morgan fingerprint density at radius 1 is 1.42 bits per heavy atom. The molecule has 0 radical (unpaired) electrons. The highest BCUT2D eigenvalue weighted by atomic mass is 32.2. The van der Waals surface area contributed by atoms with Gasteiger partial charge in [-0.25, -0.2) is 4.39 Å². The van der Waals surface area contributed by atoms with Crippen LogP contribution < -0.4 is 5.32 Å². The molecule has 0 bridgehead atoms. The summed E-state index contributed by atoms with van der Waals surface area (Å²) < 4.78 is 13.3. The van der Waals surface area contributed by atoms with Crippen molar-refractivity contribution in [2.75, 3.05) is 6.26 Å². The van der Waals surface area contributed by atoms with Crippen LogP contribution in [0, 0.1) is 5.82 Å². The van der Waals surface area contributed by atoms with E-state index in [2.05, 4.69) is 18.5 Å². The number of benzene rings is 1. The van der Waals surface area contributed by atoms with Crippen LogP contribution in [0.5, 0.6) is 0 Å². The molecule has 0 spiro atoms. The van der Waals surface area contributed by atoms with Gasteiger partial charge in [-0.2, -0.15) is 11.8 Å². The lowest BCUT2D eigenvalue weighted by Gasteiger charge is -2.32. The number of rotatable bonds is 5. The Hall–Kier alpha value is -0.540. The van der Waals surface area contributed by atoms with Crippen molar-refractivity contribution in [1.29, 1.82) is 0 Å². The van der Waals surface area contributed by atoms with E-state index in [0.29, 0.717) is 6.04 Å². The molecule has 1 N–H and O–H groups in total. The zero-order valence-corrected chi connectivity index (χ0v) is 12.7. The van der Waals surface area contributed by atoms with Crippen molar-refractivity contribution in [3.05, 3.63) is 35.6 Å². The Morgan fingerprint density at radius 3 is 2.95 bits per heavy atom. The van der Waals surface area contributed by atoms with Crippen LogP contribution in [0.1, 0.15) is 50.6 Å². The Balaban J connectivity index is 1.99. The molecule has 1 aliphatic carbocycles. The van der Waals surface area contributed by atoms with Gasteiger partial charge in [0, 0.05) is 17.3 Å². The van der Waals surface area contributed by atoms with Crippen LogP contribution in [0.4, 0.5) is 4.39 Å². The molecule has 19 heavy (non-hydrogen) atoms. The first-order valence-electron chi connectivity index (χ1n) is 7.27. The van der Waals surface area contributed by atoms with Crippen LogP contribution in [-0.2, 0) is 0 Å². The van der Waals surface area contributed by atoms with Gasteiger partial charge in [-0.3, -0.25) is 0 Å². The van der Waals surface area contributed by atoms with Crippen molar-refractivity contribution in [3.8, 4) is 0 Å². The van der Waals surface area contributed by atoms with Gasteiger partial charge in [0.1, 0.15) is 5.82 Å². The molecule has 0 aliphatic heterocycles. The van der Waals surface area contributed by atoms with Gasteiger partial charge in [0.25, 0.3) is 0 Å². The molecular weight excluding hydrogens is 257 g/mol. The van der Waals surface area contributed by atoms with Crippen molar-refractivity contribution in [3.63, 3.8) is 0 Å². The molecule has 1 aromatic rings. The van der Waals surface area contributed by atoms with Gasteiger partial charge >= 0.3 is 0 Å². The van der Waals surface area contributed by atoms with E-state index in [0.717, 1.165) is 17.2 Å². The molecule has 3 unspecified atom stereocenters. The van der Waals surface area contributed by atoms with Gasteiger partial charge < -0.3 is 5.32 Å². The monoisotopic (exact) mass is 281 g/mol. The second-order valence-corrected chi connectivity index (χ2v) is 6.54. The van der Waals surface area contributed by atoms with E-state index in [1.807, 2.05) is 17.8 Å². The highest BCUT2D eigenvalue weighted by Crippen LogP contribution is 2.29. The molecule has 106 valence electrons. The predicted octanol–water partition coefficient (Wildman–Crippen LogP) is 4.54. The zero-order chi connectivity index (χ0) is 13.7. The van der Waals surface area contributed by atoms with Gasteiger partial charge in [0.05, 0.1) is 0 Å². The summed E-state index contributed by atoms with van der Waals surface area (Å²) in [5.74, 6) is -0.136. The summed E-state index contributed by atoms with van der Waals surface area (Å²) in [5, 5.41) is 4.52. The van der Waals surface area contributed by atoms with Crippen molar-refractivity contribution >= 4 is 11.8 Å². The van der Waals surface area contributed by atoms with E-state index in [-0.39, 0.29) is 11.9 Å². The number of hydrogen-bond acceptors (Lipinski definition) is 2. The second kappa shape index (κ2) is 7.30. The summed E-state index contributed by atoms with van der Waals surface area (Å²) in [5.41, 5.74) is 1.08. The molecule has 0 saturated heterocycles. The van der Waals surface area contributed by atoms with Crippen LogP contribution in [0.15, 0.2) is 24.3 Å². The lowest BCUT2D eigenvalue weighted by atomic mass is 9.93. The summed E-state index contributed by atoms with van der Waals surface area (Å²) >= 11 is 1.98. The minimum absolute atomic E-state index is 0.136. The first kappa shape index (κ1) is 14.9. The molecule has 1 fully saturated rings. The minimum atomic E-state index is -0.136. The SMILES string of the molecule is CCC(NC1CCCC(SC)C1)c1cccc(F)c1. The summed E-state index contributed by atoms with van der Waals surface area (Å²) in [6.07, 6.45) is 8.36. The van der Waals surface area contributed by atoms with Crippen molar-refractivity contribution in [1.82, 2.24) is 5.32 Å². The van der Waals surface area contributed by atoms with Crippen molar-refractivity contribution in [2.24, 2.45) is 0 Å². The van der Waals surface area contributed by atoms with Crippen molar-refractivity contribution < 1.29 is 4.39 Å². The molecule has 2 rings (SSSR count). The van der Waals surface area contributed by atoms with Crippen LogP contribution in [0.3, 0.4) is 0 Å². The van der Waals surface area contributed by atoms with Crippen LogP contribution in [0.2, 0.25) is 0 Å². The highest BCUT2D eigenvalue weighted by Gasteiger charge is 2.23. The number of hydrogen-bond donors (Lipinski definition) is 1. The highest BCUT2D eigenvalue weighted by molar-refractivity contribution is 7.99. The smallest absolute Gasteiger partial charge is 0.123 e. The summed E-state index contributed by atoms with van der Waals surface area (Å²) in [4.78, 5) is 0. The van der Waals surface area contributed by atoms with E-state index >= 15 is 0 Å². The fourth-order valence-electron chi connectivity index (χ4n) is 2.97. The topological polar surface area (TPSA) is 12.0 Å². The third kappa shape index (κ3) is 4.22. The summed E-state index contributed by atoms with van der Waals surface area (Å²) in [7, 11) is 0. The number of thioether (sulfide) groups is 1. The average molecular weight is 281 g/mol. The minimum Gasteiger partial charge on any atom is -0.307 e. The van der Waals surface area contributed by atoms with E-state index in [4.69, 9.17) is 0 Å². The molecule has 1 saturated carbocycles. The van der Waals surface area contributed by atoms with E-state index < -0.39 is 0 Å². The Kier molecular flexibility index (Phi) is 5.71. The maximum Gasteiger partial charge on any atom is 0.123 e. The standard InChI is InChI=1S/C16H24FNS/c1-3-16(12-6-4-7-13(17)10-12)18-14-8-5-9-15(11-14)19-2/h4,6-7,10,14-16,18H,3,5,8-9,11H2,1-2H3. The third-order valence-corrected chi connectivity index (χ3v) is 5.15. The zero-order valence-electron chi connectivity index (χ0n) is 11.9. The fourth-order valence-corrected chi connectivity index (χ4v) is 3.80. The first-order chi connectivity index (χ1) is 9.22. The lowest BCUT2D eigenvalue weighted by Crippen LogP contribution is -2.37. The Bertz CT molecular complexity index is 396. The molecule has 1 aliphatic rings. The molecule has 3 heteroatoms. The van der Waals surface area contributed by atoms with Crippen LogP contribution in [-0.4, -0.2) is 17.5 Å². The molecule has 1 aromatic carbocycles. The van der Waals surface area contributed by atoms with Crippen LogP contribution in [0.25, 0.3) is 0 Å². The summed E-state index contributed by atoms with van der Waals surface area (Å²) in [6, 6.07) is 7.87. The molecule has 0 aromatic heterocycles. The van der Waals surface area contributed by atoms with E-state index in [1.165, 1.54) is 31.7 Å². The molecule has 0 heterocycles. The van der Waals surface area contributed by atoms with E-state index in [1.54, 1.807) is 12.1 Å². The Morgan fingerprint density at radius 2 is 2.26 bits per heavy atom. The first-order valence-corrected chi connectivity index (χ1v) is 8.56. The van der Waals surface area contributed by atoms with Gasteiger partial charge in [-0.1, -0.05) is 25.5 Å². The molecular formula is C16H24FNS. The number of nitrogens with one attached hydrogen (secondary N) is 1. The largest absolute Gasteiger partial charge is 0.307 e. The third-order valence-electron chi connectivity index (χ3n) is 4.06. The molecule has 0 amide bonds. The fraction of sp³-hybridized carbons (Fsp3) is 0.625.